The molecule has 0 aromatic rings. The average molecular weight is 582 g/mol. The van der Waals surface area contributed by atoms with E-state index in [0.717, 1.165) is 0 Å². The number of aliphatic hydroxyl groups excluding tert-OH is 6. The topological polar surface area (TPSA) is 303 Å². The lowest BCUT2D eigenvalue weighted by atomic mass is 9.72. The number of nitrogens with one attached hydrogen (secondary N) is 2. The first kappa shape index (κ1) is 33.9. The minimum atomic E-state index is -1.46. The number of rotatable bonds is 13. The fraction of sp³-hybridized carbons (Fsp3) is 1.00. The zero-order valence-corrected chi connectivity index (χ0v) is 22.8. The molecular formula is C24H51N7O9. The van der Waals surface area contributed by atoms with Crippen LogP contribution in [0.1, 0.15) is 19.3 Å². The van der Waals surface area contributed by atoms with Crippen molar-refractivity contribution < 1.29 is 44.8 Å². The summed E-state index contributed by atoms with van der Waals surface area (Å²) < 4.78 is 18.1. The first-order valence-electron chi connectivity index (χ1n) is 14.1. The Kier molecular flexibility index (Phi) is 13.3. The van der Waals surface area contributed by atoms with Crippen LogP contribution in [0.5, 0.6) is 0 Å². The monoisotopic (exact) mass is 581 g/mol. The van der Waals surface area contributed by atoms with Gasteiger partial charge in [0.05, 0.1) is 43.7 Å². The van der Waals surface area contributed by atoms with Crippen molar-refractivity contribution in [2.45, 2.75) is 105 Å². The Hall–Kier alpha value is -0.640. The Morgan fingerprint density at radius 2 is 1.68 bits per heavy atom. The summed E-state index contributed by atoms with van der Waals surface area (Å²) in [7, 11) is 0. The van der Waals surface area contributed by atoms with E-state index in [0.29, 0.717) is 32.4 Å². The normalized spacial score (nSPS) is 44.3. The Labute approximate surface area is 234 Å². The van der Waals surface area contributed by atoms with Gasteiger partial charge in [-0.3, -0.25) is 0 Å². The molecule has 1 saturated carbocycles. The predicted molar refractivity (Wildman–Crippen MR) is 143 cm³/mol. The summed E-state index contributed by atoms with van der Waals surface area (Å²) in [6.07, 6.45) is -7.60. The Morgan fingerprint density at radius 1 is 0.950 bits per heavy atom. The van der Waals surface area contributed by atoms with Crippen LogP contribution in [0.3, 0.4) is 0 Å². The van der Waals surface area contributed by atoms with Crippen LogP contribution in [0.25, 0.3) is 0 Å². The van der Waals surface area contributed by atoms with E-state index >= 15 is 0 Å². The van der Waals surface area contributed by atoms with E-state index in [1.165, 1.54) is 0 Å². The molecule has 2 aliphatic heterocycles. The average Bonchev–Trinajstić information content (AvgIpc) is 2.94. The van der Waals surface area contributed by atoms with E-state index in [1.807, 2.05) is 0 Å². The van der Waals surface area contributed by atoms with Crippen molar-refractivity contribution in [1.29, 1.82) is 0 Å². The van der Waals surface area contributed by atoms with Crippen molar-refractivity contribution in [3.63, 3.8) is 0 Å². The van der Waals surface area contributed by atoms with Crippen LogP contribution in [0.4, 0.5) is 0 Å². The lowest BCUT2D eigenvalue weighted by Gasteiger charge is -2.51. The second-order valence-electron chi connectivity index (χ2n) is 11.3. The molecule has 0 aromatic heterocycles. The molecule has 1 aliphatic carbocycles. The highest BCUT2D eigenvalue weighted by Gasteiger charge is 2.52. The molecule has 2 saturated heterocycles. The maximum atomic E-state index is 11.7. The highest BCUT2D eigenvalue weighted by molar-refractivity contribution is 5.05. The van der Waals surface area contributed by atoms with Gasteiger partial charge in [0.25, 0.3) is 0 Å². The molecule has 15 atom stereocenters. The maximum Gasteiger partial charge on any atom is 0.186 e. The quantitative estimate of drug-likeness (QED) is 0.0960. The van der Waals surface area contributed by atoms with Crippen LogP contribution >= 0.6 is 0 Å². The van der Waals surface area contributed by atoms with E-state index in [2.05, 4.69) is 10.6 Å². The molecule has 2 heterocycles. The highest BCUT2D eigenvalue weighted by Crippen LogP contribution is 2.36. The number of ether oxygens (including phenoxy) is 3. The molecule has 236 valence electrons. The summed E-state index contributed by atoms with van der Waals surface area (Å²) in [6.45, 7) is 0.292. The third-order valence-corrected chi connectivity index (χ3v) is 8.25. The predicted octanol–water partition coefficient (Wildman–Crippen LogP) is -7.09. The first-order chi connectivity index (χ1) is 19.0. The molecule has 0 spiro atoms. The molecule has 16 heteroatoms. The molecule has 3 rings (SSSR count). The third-order valence-electron chi connectivity index (χ3n) is 8.25. The highest BCUT2D eigenvalue weighted by atomic mass is 16.7. The van der Waals surface area contributed by atoms with Gasteiger partial charge >= 0.3 is 0 Å². The zero-order chi connectivity index (χ0) is 29.6. The second kappa shape index (κ2) is 15.7. The van der Waals surface area contributed by atoms with Gasteiger partial charge in [0, 0.05) is 56.3 Å². The minimum Gasteiger partial charge on any atom is -0.395 e. The number of hydrogen-bond donors (Lipinski definition) is 13. The molecule has 0 bridgehead atoms. The summed E-state index contributed by atoms with van der Waals surface area (Å²) in [5.74, 6) is -0.659. The van der Waals surface area contributed by atoms with Gasteiger partial charge in [0.1, 0.15) is 24.4 Å². The van der Waals surface area contributed by atoms with Crippen molar-refractivity contribution in [2.75, 3.05) is 39.4 Å². The SMILES string of the molecule is NCC(O)CNC1CC(N)C(C2OC(CNCC(N)CO)CCC2N)C(O)C1OC1OC(CO)C(O)C(N)C1O. The maximum absolute atomic E-state index is 11.7. The van der Waals surface area contributed by atoms with Gasteiger partial charge < -0.3 is 84.2 Å². The van der Waals surface area contributed by atoms with E-state index in [-0.39, 0.29) is 25.8 Å². The van der Waals surface area contributed by atoms with Gasteiger partial charge in [-0.1, -0.05) is 0 Å². The van der Waals surface area contributed by atoms with Crippen LogP contribution < -0.4 is 39.3 Å². The first-order valence-corrected chi connectivity index (χ1v) is 14.1. The standard InChI is InChI=1S/C24H51N7O9/c25-4-11(34)6-31-15-3-14(28)17(22-13(27)2-1-12(38-22)7-30-5-10(26)8-32)20(36)23(15)40-24-21(37)18(29)19(35)16(9-33)39-24/h10-24,30-37H,1-9,25-29H2. The molecule has 0 amide bonds. The summed E-state index contributed by atoms with van der Waals surface area (Å²) >= 11 is 0. The second-order valence-corrected chi connectivity index (χ2v) is 11.3. The molecule has 16 nitrogen and oxygen atoms in total. The van der Waals surface area contributed by atoms with Crippen molar-refractivity contribution in [3.05, 3.63) is 0 Å². The molecule has 18 N–H and O–H groups in total. The van der Waals surface area contributed by atoms with Crippen LogP contribution in [0, 0.1) is 5.92 Å². The van der Waals surface area contributed by atoms with Crippen molar-refractivity contribution in [1.82, 2.24) is 10.6 Å². The van der Waals surface area contributed by atoms with Crippen LogP contribution in [0.2, 0.25) is 0 Å². The van der Waals surface area contributed by atoms with Crippen molar-refractivity contribution >= 4 is 0 Å². The summed E-state index contributed by atoms with van der Waals surface area (Å²) in [5.41, 5.74) is 30.3. The van der Waals surface area contributed by atoms with Crippen molar-refractivity contribution in [2.24, 2.45) is 34.6 Å². The van der Waals surface area contributed by atoms with Crippen LogP contribution in [-0.4, -0.2) is 155 Å². The third kappa shape index (κ3) is 8.25. The molecule has 3 aliphatic rings. The summed E-state index contributed by atoms with van der Waals surface area (Å²) in [4.78, 5) is 0. The fourth-order valence-electron chi connectivity index (χ4n) is 5.82. The Morgan fingerprint density at radius 3 is 2.33 bits per heavy atom. The van der Waals surface area contributed by atoms with Gasteiger partial charge in [-0.05, 0) is 19.3 Å². The van der Waals surface area contributed by atoms with Gasteiger partial charge in [-0.2, -0.15) is 0 Å². The smallest absolute Gasteiger partial charge is 0.186 e. The van der Waals surface area contributed by atoms with Crippen molar-refractivity contribution in [3.8, 4) is 0 Å². The van der Waals surface area contributed by atoms with Gasteiger partial charge in [0.15, 0.2) is 6.29 Å². The Bertz CT molecular complexity index is 747. The van der Waals surface area contributed by atoms with E-state index in [4.69, 9.17) is 48.0 Å². The number of aliphatic hydroxyl groups is 6. The van der Waals surface area contributed by atoms with Crippen LogP contribution in [0.15, 0.2) is 0 Å². The Balaban J connectivity index is 1.78. The zero-order valence-electron chi connectivity index (χ0n) is 22.8. The molecular weight excluding hydrogens is 530 g/mol. The molecule has 40 heavy (non-hydrogen) atoms. The van der Waals surface area contributed by atoms with Gasteiger partial charge in [0.2, 0.25) is 0 Å². The lowest BCUT2D eigenvalue weighted by molar-refractivity contribution is -0.306. The lowest BCUT2D eigenvalue weighted by Crippen LogP contribution is -2.69. The molecule has 3 fully saturated rings. The molecule has 15 unspecified atom stereocenters. The van der Waals surface area contributed by atoms with Gasteiger partial charge in [-0.25, -0.2) is 0 Å². The summed E-state index contributed by atoms with van der Waals surface area (Å²) in [6, 6.07) is -3.13. The molecule has 0 radical (unpaired) electrons. The fourth-order valence-corrected chi connectivity index (χ4v) is 5.82. The van der Waals surface area contributed by atoms with E-state index < -0.39 is 91.8 Å². The summed E-state index contributed by atoms with van der Waals surface area (Å²) in [5, 5.41) is 67.7. The largest absolute Gasteiger partial charge is 0.395 e. The van der Waals surface area contributed by atoms with E-state index in [1.54, 1.807) is 0 Å². The molecule has 0 aromatic carbocycles. The van der Waals surface area contributed by atoms with Crippen LogP contribution in [-0.2, 0) is 14.2 Å². The minimum absolute atomic E-state index is 0.0151. The van der Waals surface area contributed by atoms with E-state index in [9.17, 15) is 25.5 Å². The van der Waals surface area contributed by atoms with Gasteiger partial charge in [-0.15, -0.1) is 0 Å². The number of hydrogen-bond acceptors (Lipinski definition) is 16. The number of nitrogens with two attached hydrogens (primary N) is 5.